The second-order valence-corrected chi connectivity index (χ2v) is 5.69. The van der Waals surface area contributed by atoms with Gasteiger partial charge in [0.05, 0.1) is 12.5 Å². The number of rotatable bonds is 5. The molecule has 0 aliphatic rings. The summed E-state index contributed by atoms with van der Waals surface area (Å²) in [6.07, 6.45) is 0.221. The van der Waals surface area contributed by atoms with E-state index in [1.54, 1.807) is 20.8 Å². The molecule has 4 nitrogen and oxygen atoms in total. The van der Waals surface area contributed by atoms with Crippen LogP contribution >= 0.6 is 7.37 Å². The van der Waals surface area contributed by atoms with Gasteiger partial charge in [0, 0.05) is 12.3 Å². The van der Waals surface area contributed by atoms with E-state index in [-0.39, 0.29) is 12.3 Å². The Balaban J connectivity index is 4.07. The predicted molar refractivity (Wildman–Crippen MR) is 51.0 cm³/mol. The summed E-state index contributed by atoms with van der Waals surface area (Å²) in [4.78, 5) is 20.3. The lowest BCUT2D eigenvalue weighted by Gasteiger charge is -2.13. The Morgan fingerprint density at radius 3 is 2.46 bits per heavy atom. The first-order valence-electron chi connectivity index (χ1n) is 4.40. The zero-order chi connectivity index (χ0) is 10.5. The summed E-state index contributed by atoms with van der Waals surface area (Å²) < 4.78 is 16.0. The van der Waals surface area contributed by atoms with Gasteiger partial charge in [-0.2, -0.15) is 0 Å². The summed E-state index contributed by atoms with van der Waals surface area (Å²) in [6.45, 7) is 5.27. The van der Waals surface area contributed by atoms with Crippen molar-refractivity contribution in [1.29, 1.82) is 0 Å². The van der Waals surface area contributed by atoms with Gasteiger partial charge >= 0.3 is 5.97 Å². The Kier molecular flexibility index (Phi) is 5.26. The molecule has 2 unspecified atom stereocenters. The molecule has 0 aromatic carbocycles. The van der Waals surface area contributed by atoms with Gasteiger partial charge in [-0.1, -0.05) is 13.8 Å². The fraction of sp³-hybridized carbons (Fsp3) is 0.875. The number of esters is 1. The van der Waals surface area contributed by atoms with Crippen molar-refractivity contribution >= 4 is 13.3 Å². The molecule has 0 bridgehead atoms. The minimum absolute atomic E-state index is 0.0162. The molecule has 0 heterocycles. The maximum Gasteiger partial charge on any atom is 0.309 e. The van der Waals surface area contributed by atoms with Crippen LogP contribution in [-0.2, 0) is 14.1 Å². The summed E-state index contributed by atoms with van der Waals surface area (Å²) in [7, 11) is -3.11. The minimum Gasteiger partial charge on any atom is -0.466 e. The van der Waals surface area contributed by atoms with E-state index in [1.807, 2.05) is 0 Å². The molecule has 2 atom stereocenters. The lowest BCUT2D eigenvalue weighted by molar-refractivity contribution is -0.146. The third-order valence-electron chi connectivity index (χ3n) is 1.74. The molecule has 0 saturated heterocycles. The number of ether oxygens (including phenoxy) is 1. The Morgan fingerprint density at radius 2 is 2.08 bits per heavy atom. The van der Waals surface area contributed by atoms with Crippen molar-refractivity contribution in [3.8, 4) is 0 Å². The largest absolute Gasteiger partial charge is 0.466 e. The average Bonchev–Trinajstić information content (AvgIpc) is 2.04. The van der Waals surface area contributed by atoms with Crippen LogP contribution in [0.5, 0.6) is 0 Å². The Hall–Kier alpha value is -0.340. The molecular formula is C8H17O4P. The van der Waals surface area contributed by atoms with Crippen molar-refractivity contribution in [3.05, 3.63) is 0 Å². The van der Waals surface area contributed by atoms with Gasteiger partial charge in [-0.15, -0.1) is 0 Å². The molecule has 0 spiro atoms. The van der Waals surface area contributed by atoms with Gasteiger partial charge in [0.15, 0.2) is 0 Å². The second-order valence-electron chi connectivity index (χ2n) is 3.00. The minimum atomic E-state index is -3.11. The van der Waals surface area contributed by atoms with Gasteiger partial charge < -0.3 is 9.63 Å². The third-order valence-corrected chi connectivity index (χ3v) is 3.85. The van der Waals surface area contributed by atoms with Crippen LogP contribution in [0.3, 0.4) is 0 Å². The molecular weight excluding hydrogens is 191 g/mol. The van der Waals surface area contributed by atoms with Crippen molar-refractivity contribution in [2.75, 3.05) is 18.9 Å². The first-order valence-corrected chi connectivity index (χ1v) is 6.43. The smallest absolute Gasteiger partial charge is 0.309 e. The van der Waals surface area contributed by atoms with Crippen molar-refractivity contribution in [2.45, 2.75) is 20.8 Å². The van der Waals surface area contributed by atoms with Crippen LogP contribution < -0.4 is 0 Å². The maximum atomic E-state index is 11.2. The van der Waals surface area contributed by atoms with Gasteiger partial charge in [-0.05, 0) is 6.92 Å². The van der Waals surface area contributed by atoms with Crippen LogP contribution in [0.2, 0.25) is 0 Å². The first-order chi connectivity index (χ1) is 5.93. The average molecular weight is 208 g/mol. The highest BCUT2D eigenvalue weighted by atomic mass is 31.2. The molecule has 78 valence electrons. The SMILES string of the molecule is CCOC(=O)C(C)CP(=O)(O)CC. The molecule has 5 heteroatoms. The maximum absolute atomic E-state index is 11.2. The molecule has 0 aliphatic heterocycles. The van der Waals surface area contributed by atoms with Crippen LogP contribution in [0.4, 0.5) is 0 Å². The Morgan fingerprint density at radius 1 is 1.54 bits per heavy atom. The monoisotopic (exact) mass is 208 g/mol. The van der Waals surface area contributed by atoms with Gasteiger partial charge in [0.25, 0.3) is 0 Å². The molecule has 0 saturated carbocycles. The van der Waals surface area contributed by atoms with E-state index in [9.17, 15) is 14.3 Å². The van der Waals surface area contributed by atoms with Crippen LogP contribution in [0, 0.1) is 5.92 Å². The lowest BCUT2D eigenvalue weighted by Crippen LogP contribution is -2.18. The van der Waals surface area contributed by atoms with Crippen molar-refractivity contribution < 1.29 is 19.0 Å². The van der Waals surface area contributed by atoms with E-state index in [1.165, 1.54) is 0 Å². The van der Waals surface area contributed by atoms with Gasteiger partial charge in [0.1, 0.15) is 0 Å². The highest BCUT2D eigenvalue weighted by Crippen LogP contribution is 2.41. The molecule has 0 fully saturated rings. The van der Waals surface area contributed by atoms with E-state index in [0.717, 1.165) is 0 Å². The standard InChI is InChI=1S/C8H17O4P/c1-4-12-8(9)7(3)6-13(10,11)5-2/h7H,4-6H2,1-3H3,(H,10,11). The Bertz CT molecular complexity index is 214. The Labute approximate surface area is 78.7 Å². The predicted octanol–water partition coefficient (Wildman–Crippen LogP) is 1.48. The summed E-state index contributed by atoms with van der Waals surface area (Å²) in [5.74, 6) is -0.888. The van der Waals surface area contributed by atoms with Crippen LogP contribution in [0.15, 0.2) is 0 Å². The zero-order valence-electron chi connectivity index (χ0n) is 8.32. The fourth-order valence-electron chi connectivity index (χ4n) is 0.916. The highest BCUT2D eigenvalue weighted by Gasteiger charge is 2.24. The van der Waals surface area contributed by atoms with Gasteiger partial charge in [-0.25, -0.2) is 0 Å². The van der Waals surface area contributed by atoms with Crippen molar-refractivity contribution in [1.82, 2.24) is 0 Å². The molecule has 0 rings (SSSR count). The molecule has 0 aromatic heterocycles. The second kappa shape index (κ2) is 5.40. The summed E-state index contributed by atoms with van der Waals surface area (Å²) in [6, 6.07) is 0. The number of hydrogen-bond acceptors (Lipinski definition) is 3. The van der Waals surface area contributed by atoms with E-state index in [0.29, 0.717) is 6.61 Å². The number of hydrogen-bond donors (Lipinski definition) is 1. The topological polar surface area (TPSA) is 63.6 Å². The van der Waals surface area contributed by atoms with E-state index in [4.69, 9.17) is 4.74 Å². The highest BCUT2D eigenvalue weighted by molar-refractivity contribution is 7.58. The summed E-state index contributed by atoms with van der Waals surface area (Å²) in [5.41, 5.74) is 0. The van der Waals surface area contributed by atoms with E-state index in [2.05, 4.69) is 0 Å². The van der Waals surface area contributed by atoms with E-state index < -0.39 is 19.3 Å². The number of carbonyl (C=O) groups excluding carboxylic acids is 1. The van der Waals surface area contributed by atoms with Crippen LogP contribution in [-0.4, -0.2) is 29.8 Å². The normalized spacial score (nSPS) is 17.5. The molecule has 0 aromatic rings. The van der Waals surface area contributed by atoms with E-state index >= 15 is 0 Å². The van der Waals surface area contributed by atoms with Crippen LogP contribution in [0.25, 0.3) is 0 Å². The molecule has 13 heavy (non-hydrogen) atoms. The quantitative estimate of drug-likeness (QED) is 0.549. The zero-order valence-corrected chi connectivity index (χ0v) is 9.21. The molecule has 1 N–H and O–H groups in total. The van der Waals surface area contributed by atoms with Crippen LogP contribution in [0.1, 0.15) is 20.8 Å². The molecule has 0 amide bonds. The summed E-state index contributed by atoms with van der Waals surface area (Å²) in [5, 5.41) is 0. The summed E-state index contributed by atoms with van der Waals surface area (Å²) >= 11 is 0. The number of carbonyl (C=O) groups is 1. The fourth-order valence-corrected chi connectivity index (χ4v) is 2.18. The van der Waals surface area contributed by atoms with Crippen molar-refractivity contribution in [3.63, 3.8) is 0 Å². The third kappa shape index (κ3) is 5.06. The lowest BCUT2D eigenvalue weighted by atomic mass is 10.2. The first kappa shape index (κ1) is 12.7. The molecule has 0 aliphatic carbocycles. The van der Waals surface area contributed by atoms with Gasteiger partial charge in [-0.3, -0.25) is 9.36 Å². The van der Waals surface area contributed by atoms with Crippen molar-refractivity contribution in [2.24, 2.45) is 5.92 Å². The van der Waals surface area contributed by atoms with Gasteiger partial charge in [0.2, 0.25) is 7.37 Å². The molecule has 0 radical (unpaired) electrons.